The molecule has 0 bridgehead atoms. The van der Waals surface area contributed by atoms with Crippen molar-refractivity contribution in [2.24, 2.45) is 4.99 Å². The number of aliphatic hydroxyl groups is 1. The van der Waals surface area contributed by atoms with Crippen LogP contribution in [0.2, 0.25) is 0 Å². The average molecular weight is 218 g/mol. The summed E-state index contributed by atoms with van der Waals surface area (Å²) in [7, 11) is 0. The quantitative estimate of drug-likeness (QED) is 0.727. The van der Waals surface area contributed by atoms with Gasteiger partial charge in [0.1, 0.15) is 0 Å². The summed E-state index contributed by atoms with van der Waals surface area (Å²) in [6, 6.07) is 7.69. The summed E-state index contributed by atoms with van der Waals surface area (Å²) in [5, 5.41) is 11.0. The number of rotatable bonds is 0. The smallest absolute Gasteiger partial charge is 0.175 e. The number of aliphatic imine (C=N–C) groups is 1. The van der Waals surface area contributed by atoms with Crippen LogP contribution in [-0.2, 0) is 0 Å². The summed E-state index contributed by atoms with van der Waals surface area (Å²) in [6.45, 7) is 2.02. The summed E-state index contributed by atoms with van der Waals surface area (Å²) in [6.07, 6.45) is 1.34. The van der Waals surface area contributed by atoms with Crippen molar-refractivity contribution in [1.29, 1.82) is 0 Å². The molecule has 4 heteroatoms. The Morgan fingerprint density at radius 2 is 2.20 bits per heavy atom. The number of para-hydroxylation sites is 1. The van der Waals surface area contributed by atoms with E-state index in [1.807, 2.05) is 42.3 Å². The van der Waals surface area contributed by atoms with E-state index in [2.05, 4.69) is 4.99 Å². The zero-order valence-corrected chi connectivity index (χ0v) is 9.03. The monoisotopic (exact) mass is 218 g/mol. The van der Waals surface area contributed by atoms with Crippen LogP contribution in [0.5, 0.6) is 0 Å². The molecule has 76 valence electrons. The maximum atomic E-state index is 10.1. The Kier molecular flexibility index (Phi) is 1.87. The molecule has 15 heavy (non-hydrogen) atoms. The first-order valence-electron chi connectivity index (χ1n) is 4.76. The lowest BCUT2D eigenvalue weighted by Gasteiger charge is -2.28. The molecule has 1 aromatic rings. The van der Waals surface area contributed by atoms with Crippen molar-refractivity contribution in [2.45, 2.75) is 13.2 Å². The third-order valence-electron chi connectivity index (χ3n) is 2.49. The Bertz CT molecular complexity index is 481. The van der Waals surface area contributed by atoms with Crippen molar-refractivity contribution in [3.05, 3.63) is 40.9 Å². The van der Waals surface area contributed by atoms with Gasteiger partial charge in [-0.05, 0) is 13.0 Å². The lowest BCUT2D eigenvalue weighted by molar-refractivity contribution is 0.0830. The zero-order valence-electron chi connectivity index (χ0n) is 8.21. The molecule has 2 aliphatic heterocycles. The molecule has 2 aliphatic rings. The van der Waals surface area contributed by atoms with Crippen LogP contribution in [0.3, 0.4) is 0 Å². The van der Waals surface area contributed by atoms with Crippen molar-refractivity contribution < 1.29 is 5.11 Å². The first-order chi connectivity index (χ1) is 7.25. The minimum atomic E-state index is -0.598. The Labute approximate surface area is 92.1 Å². The third-order valence-corrected chi connectivity index (χ3v) is 3.40. The molecular formula is C11H10N2OS. The molecule has 0 amide bonds. The van der Waals surface area contributed by atoms with Crippen molar-refractivity contribution >= 4 is 22.6 Å². The topological polar surface area (TPSA) is 35.8 Å². The van der Waals surface area contributed by atoms with Crippen LogP contribution in [0, 0.1) is 0 Å². The van der Waals surface area contributed by atoms with Gasteiger partial charge in [0.05, 0.1) is 5.69 Å². The molecule has 1 atom stereocenters. The number of amidine groups is 1. The van der Waals surface area contributed by atoms with E-state index in [9.17, 15) is 5.11 Å². The maximum absolute atomic E-state index is 10.1. The molecule has 1 aromatic carbocycles. The van der Waals surface area contributed by atoms with E-state index in [1.54, 1.807) is 11.8 Å². The number of fused-ring (bicyclic) bond motifs is 2. The van der Waals surface area contributed by atoms with E-state index in [0.717, 1.165) is 21.3 Å². The lowest BCUT2D eigenvalue weighted by atomic mass is 10.1. The number of thioether (sulfide) groups is 1. The average Bonchev–Trinajstić information content (AvgIpc) is 2.59. The summed E-state index contributed by atoms with van der Waals surface area (Å²) >= 11 is 1.59. The van der Waals surface area contributed by atoms with Gasteiger partial charge in [-0.15, -0.1) is 0 Å². The second-order valence-electron chi connectivity index (χ2n) is 3.58. The van der Waals surface area contributed by atoms with Crippen LogP contribution in [0.25, 0.3) is 0 Å². The largest absolute Gasteiger partial charge is 0.369 e. The summed E-state index contributed by atoms with van der Waals surface area (Å²) in [5.41, 5.74) is 1.74. The lowest BCUT2D eigenvalue weighted by Crippen LogP contribution is -2.27. The van der Waals surface area contributed by atoms with Crippen LogP contribution in [0.4, 0.5) is 5.69 Å². The number of allylic oxidation sites excluding steroid dienone is 1. The standard InChI is InChI=1S/C11H10N2OS/c1-7-6-13-10(14)8-4-2-3-5-9(8)12-11(13)15-7/h2-6,10,14H,1H3. The van der Waals surface area contributed by atoms with Crippen LogP contribution >= 0.6 is 11.8 Å². The fourth-order valence-corrected chi connectivity index (χ4v) is 2.65. The predicted octanol–water partition coefficient (Wildman–Crippen LogP) is 2.59. The predicted molar refractivity (Wildman–Crippen MR) is 61.7 cm³/mol. The normalized spacial score (nSPS) is 23.1. The van der Waals surface area contributed by atoms with Gasteiger partial charge in [-0.2, -0.15) is 0 Å². The maximum Gasteiger partial charge on any atom is 0.175 e. The minimum Gasteiger partial charge on any atom is -0.369 e. The van der Waals surface area contributed by atoms with E-state index < -0.39 is 6.23 Å². The van der Waals surface area contributed by atoms with E-state index >= 15 is 0 Å². The van der Waals surface area contributed by atoms with E-state index in [-0.39, 0.29) is 0 Å². The number of hydrogen-bond acceptors (Lipinski definition) is 4. The third kappa shape index (κ3) is 1.29. The van der Waals surface area contributed by atoms with Gasteiger partial charge in [0.15, 0.2) is 11.4 Å². The SMILES string of the molecule is CC1=CN2C(=Nc3ccccc3C2O)S1. The molecule has 0 fully saturated rings. The molecular weight excluding hydrogens is 208 g/mol. The second kappa shape index (κ2) is 3.12. The molecule has 1 N–H and O–H groups in total. The second-order valence-corrected chi connectivity index (χ2v) is 4.79. The Morgan fingerprint density at radius 1 is 1.40 bits per heavy atom. The molecule has 0 aliphatic carbocycles. The van der Waals surface area contributed by atoms with Gasteiger partial charge in [-0.1, -0.05) is 30.0 Å². The van der Waals surface area contributed by atoms with Crippen LogP contribution in [0.15, 0.2) is 40.4 Å². The fourth-order valence-electron chi connectivity index (χ4n) is 1.79. The highest BCUT2D eigenvalue weighted by Gasteiger charge is 2.30. The van der Waals surface area contributed by atoms with Crippen LogP contribution in [0.1, 0.15) is 18.7 Å². The number of nitrogens with zero attached hydrogens (tertiary/aromatic N) is 2. The molecule has 1 unspecified atom stereocenters. The van der Waals surface area contributed by atoms with Gasteiger partial charge < -0.3 is 5.11 Å². The van der Waals surface area contributed by atoms with E-state index in [4.69, 9.17) is 0 Å². The van der Waals surface area contributed by atoms with Crippen molar-refractivity contribution in [3.63, 3.8) is 0 Å². The van der Waals surface area contributed by atoms with Gasteiger partial charge in [-0.25, -0.2) is 4.99 Å². The molecule has 0 saturated heterocycles. The minimum absolute atomic E-state index is 0.598. The van der Waals surface area contributed by atoms with Crippen LogP contribution in [-0.4, -0.2) is 15.2 Å². The number of benzene rings is 1. The molecule has 0 spiro atoms. The molecule has 0 saturated carbocycles. The summed E-state index contributed by atoms with van der Waals surface area (Å²) < 4.78 is 0. The van der Waals surface area contributed by atoms with E-state index in [1.165, 1.54) is 0 Å². The first-order valence-corrected chi connectivity index (χ1v) is 5.57. The summed E-state index contributed by atoms with van der Waals surface area (Å²) in [5.74, 6) is 0. The van der Waals surface area contributed by atoms with Crippen molar-refractivity contribution in [3.8, 4) is 0 Å². The van der Waals surface area contributed by atoms with Gasteiger partial charge in [0, 0.05) is 16.7 Å². The highest BCUT2D eigenvalue weighted by molar-refractivity contribution is 8.17. The molecule has 0 aromatic heterocycles. The zero-order chi connectivity index (χ0) is 10.4. The fraction of sp³-hybridized carbons (Fsp3) is 0.182. The molecule has 2 heterocycles. The van der Waals surface area contributed by atoms with Crippen molar-refractivity contribution in [2.75, 3.05) is 0 Å². The number of hydrogen-bond donors (Lipinski definition) is 1. The van der Waals surface area contributed by atoms with Gasteiger partial charge in [-0.3, -0.25) is 4.90 Å². The Morgan fingerprint density at radius 3 is 3.07 bits per heavy atom. The Balaban J connectivity index is 2.15. The molecule has 0 radical (unpaired) electrons. The van der Waals surface area contributed by atoms with Crippen molar-refractivity contribution in [1.82, 2.24) is 4.90 Å². The highest BCUT2D eigenvalue weighted by Crippen LogP contribution is 2.41. The first kappa shape index (κ1) is 9.00. The van der Waals surface area contributed by atoms with Gasteiger partial charge >= 0.3 is 0 Å². The van der Waals surface area contributed by atoms with E-state index in [0.29, 0.717) is 0 Å². The molecule has 3 nitrogen and oxygen atoms in total. The summed E-state index contributed by atoms with van der Waals surface area (Å²) in [4.78, 5) is 7.46. The molecule has 3 rings (SSSR count). The van der Waals surface area contributed by atoms with Gasteiger partial charge in [0.25, 0.3) is 0 Å². The number of aliphatic hydroxyl groups excluding tert-OH is 1. The van der Waals surface area contributed by atoms with Gasteiger partial charge in [0.2, 0.25) is 0 Å². The Hall–Kier alpha value is -1.26. The highest BCUT2D eigenvalue weighted by atomic mass is 32.2. The van der Waals surface area contributed by atoms with Crippen LogP contribution < -0.4 is 0 Å².